The second kappa shape index (κ2) is 8.59. The molecule has 2 aliphatic heterocycles. The molecular weight excluding hydrogens is 366 g/mol. The molecule has 1 fully saturated rings. The molecule has 6 nitrogen and oxygen atoms in total. The summed E-state index contributed by atoms with van der Waals surface area (Å²) in [5.41, 5.74) is 4.15. The van der Waals surface area contributed by atoms with Gasteiger partial charge in [-0.3, -0.25) is 9.69 Å². The van der Waals surface area contributed by atoms with Crippen molar-refractivity contribution < 1.29 is 14.3 Å². The van der Waals surface area contributed by atoms with E-state index < -0.39 is 0 Å². The van der Waals surface area contributed by atoms with Gasteiger partial charge in [-0.05, 0) is 42.8 Å². The van der Waals surface area contributed by atoms with E-state index in [1.807, 2.05) is 55.5 Å². The van der Waals surface area contributed by atoms with Crippen molar-refractivity contribution in [3.05, 3.63) is 65.2 Å². The Bertz CT molecular complexity index is 947. The van der Waals surface area contributed by atoms with E-state index in [0.717, 1.165) is 55.4 Å². The fourth-order valence-corrected chi connectivity index (χ4v) is 3.61. The van der Waals surface area contributed by atoms with Crippen LogP contribution in [0, 0.1) is 0 Å². The highest BCUT2D eigenvalue weighted by molar-refractivity contribution is 6.32. The molecule has 2 aromatic rings. The van der Waals surface area contributed by atoms with E-state index in [1.54, 1.807) is 7.11 Å². The van der Waals surface area contributed by atoms with Crippen LogP contribution in [0.4, 0.5) is 5.69 Å². The summed E-state index contributed by atoms with van der Waals surface area (Å²) in [4.78, 5) is 15.3. The molecule has 29 heavy (non-hydrogen) atoms. The van der Waals surface area contributed by atoms with Crippen LogP contribution in [0.3, 0.4) is 0 Å². The first-order valence-corrected chi connectivity index (χ1v) is 9.79. The van der Waals surface area contributed by atoms with Gasteiger partial charge in [0.05, 0.1) is 37.3 Å². The monoisotopic (exact) mass is 391 g/mol. The van der Waals surface area contributed by atoms with Crippen LogP contribution in [0.1, 0.15) is 18.1 Å². The average molecular weight is 391 g/mol. The molecule has 6 heteroatoms. The molecule has 0 unspecified atom stereocenters. The first kappa shape index (κ1) is 19.4. The molecule has 2 aromatic carbocycles. The number of ether oxygens (including phenoxy) is 2. The smallest absolute Gasteiger partial charge is 0.280 e. The van der Waals surface area contributed by atoms with Crippen molar-refractivity contribution in [1.82, 2.24) is 4.90 Å². The Morgan fingerprint density at radius 2 is 1.90 bits per heavy atom. The van der Waals surface area contributed by atoms with Gasteiger partial charge in [-0.1, -0.05) is 24.3 Å². The minimum Gasteiger partial charge on any atom is -0.496 e. The van der Waals surface area contributed by atoms with Crippen molar-refractivity contribution in [2.24, 2.45) is 5.10 Å². The van der Waals surface area contributed by atoms with E-state index in [0.29, 0.717) is 11.3 Å². The van der Waals surface area contributed by atoms with Crippen LogP contribution >= 0.6 is 0 Å². The topological polar surface area (TPSA) is 54.4 Å². The summed E-state index contributed by atoms with van der Waals surface area (Å²) in [6.45, 7) is 5.98. The molecule has 0 bridgehead atoms. The van der Waals surface area contributed by atoms with Gasteiger partial charge in [0.1, 0.15) is 5.75 Å². The van der Waals surface area contributed by atoms with Crippen molar-refractivity contribution in [1.29, 1.82) is 0 Å². The molecule has 1 saturated heterocycles. The van der Waals surface area contributed by atoms with Gasteiger partial charge < -0.3 is 9.47 Å². The van der Waals surface area contributed by atoms with Gasteiger partial charge in [0, 0.05) is 25.2 Å². The number of carbonyl (C=O) groups is 1. The third-order valence-electron chi connectivity index (χ3n) is 5.18. The summed E-state index contributed by atoms with van der Waals surface area (Å²) in [6.07, 6.45) is 1.91. The minimum atomic E-state index is -0.112. The predicted octanol–water partition coefficient (Wildman–Crippen LogP) is 3.33. The van der Waals surface area contributed by atoms with Gasteiger partial charge >= 0.3 is 0 Å². The third-order valence-corrected chi connectivity index (χ3v) is 5.18. The Morgan fingerprint density at radius 3 is 2.62 bits per heavy atom. The van der Waals surface area contributed by atoms with E-state index in [-0.39, 0.29) is 5.91 Å². The number of hydrazone groups is 1. The van der Waals surface area contributed by atoms with Gasteiger partial charge in [-0.15, -0.1) is 0 Å². The molecule has 150 valence electrons. The van der Waals surface area contributed by atoms with E-state index in [1.165, 1.54) is 5.01 Å². The van der Waals surface area contributed by atoms with Crippen molar-refractivity contribution in [3.63, 3.8) is 0 Å². The molecular formula is C23H25N3O3. The number of para-hydroxylation sites is 1. The maximum absolute atomic E-state index is 12.9. The Labute approximate surface area is 171 Å². The van der Waals surface area contributed by atoms with Crippen LogP contribution < -0.4 is 9.75 Å². The van der Waals surface area contributed by atoms with Crippen molar-refractivity contribution in [3.8, 4) is 5.75 Å². The highest BCUT2D eigenvalue weighted by Crippen LogP contribution is 2.27. The van der Waals surface area contributed by atoms with Gasteiger partial charge in [-0.25, -0.2) is 0 Å². The van der Waals surface area contributed by atoms with Crippen molar-refractivity contribution in [2.45, 2.75) is 13.5 Å². The highest BCUT2D eigenvalue weighted by Gasteiger charge is 2.28. The lowest BCUT2D eigenvalue weighted by molar-refractivity contribution is -0.114. The van der Waals surface area contributed by atoms with E-state index in [9.17, 15) is 4.79 Å². The molecule has 1 amide bonds. The summed E-state index contributed by atoms with van der Waals surface area (Å²) in [5, 5.41) is 5.91. The van der Waals surface area contributed by atoms with Crippen LogP contribution in [0.15, 0.2) is 59.2 Å². The zero-order valence-electron chi connectivity index (χ0n) is 16.8. The van der Waals surface area contributed by atoms with Gasteiger partial charge in [0.15, 0.2) is 0 Å². The number of hydrogen-bond donors (Lipinski definition) is 0. The molecule has 4 rings (SSSR count). The first-order chi connectivity index (χ1) is 14.2. The number of benzene rings is 2. The lowest BCUT2D eigenvalue weighted by Crippen LogP contribution is -2.35. The Balaban J connectivity index is 1.59. The number of morpholine rings is 1. The fourth-order valence-electron chi connectivity index (χ4n) is 3.61. The number of carbonyl (C=O) groups excluding carboxylic acids is 1. The van der Waals surface area contributed by atoms with E-state index in [4.69, 9.17) is 9.47 Å². The largest absolute Gasteiger partial charge is 0.496 e. The number of hydrogen-bond acceptors (Lipinski definition) is 5. The van der Waals surface area contributed by atoms with Gasteiger partial charge in [0.25, 0.3) is 5.91 Å². The molecule has 0 aromatic heterocycles. The van der Waals surface area contributed by atoms with Crippen LogP contribution in [0.25, 0.3) is 6.08 Å². The molecule has 0 atom stereocenters. The maximum Gasteiger partial charge on any atom is 0.280 e. The van der Waals surface area contributed by atoms with Gasteiger partial charge in [-0.2, -0.15) is 10.1 Å². The molecule has 0 radical (unpaired) electrons. The van der Waals surface area contributed by atoms with E-state index in [2.05, 4.69) is 16.1 Å². The van der Waals surface area contributed by atoms with E-state index >= 15 is 0 Å². The molecule has 0 aliphatic carbocycles. The van der Waals surface area contributed by atoms with Crippen molar-refractivity contribution in [2.75, 3.05) is 38.4 Å². The van der Waals surface area contributed by atoms with Crippen LogP contribution in [0.5, 0.6) is 5.75 Å². The SMILES string of the molecule is COc1ccc(/C=C2/C(=O)N(c3ccccc3)N=C2C)cc1CN1CCOCC1. The molecule has 0 spiro atoms. The number of amides is 1. The molecule has 0 N–H and O–H groups in total. The first-order valence-electron chi connectivity index (χ1n) is 9.79. The molecule has 2 aliphatic rings. The summed E-state index contributed by atoms with van der Waals surface area (Å²) in [6, 6.07) is 15.5. The Morgan fingerprint density at radius 1 is 1.14 bits per heavy atom. The molecule has 0 saturated carbocycles. The second-order valence-electron chi connectivity index (χ2n) is 7.16. The summed E-state index contributed by atoms with van der Waals surface area (Å²) in [7, 11) is 1.69. The normalized spacial score (nSPS) is 19.0. The lowest BCUT2D eigenvalue weighted by atomic mass is 10.0. The van der Waals surface area contributed by atoms with Gasteiger partial charge in [0.2, 0.25) is 0 Å². The van der Waals surface area contributed by atoms with Crippen LogP contribution in [-0.4, -0.2) is 49.9 Å². The third kappa shape index (κ3) is 4.23. The number of methoxy groups -OCH3 is 1. The summed E-state index contributed by atoms with van der Waals surface area (Å²) >= 11 is 0. The van der Waals surface area contributed by atoms with Crippen LogP contribution in [-0.2, 0) is 16.1 Å². The summed E-state index contributed by atoms with van der Waals surface area (Å²) < 4.78 is 11.0. The molecule has 2 heterocycles. The standard InChI is InChI=1S/C23H25N3O3/c1-17-21(23(27)26(24-17)20-6-4-3-5-7-20)15-18-8-9-22(28-2)19(14-18)16-25-10-12-29-13-11-25/h3-9,14-15H,10-13,16H2,1-2H3/b21-15+. The Hall–Kier alpha value is -2.96. The summed E-state index contributed by atoms with van der Waals surface area (Å²) in [5.74, 6) is 0.743. The Kier molecular flexibility index (Phi) is 5.74. The maximum atomic E-state index is 12.9. The number of rotatable bonds is 5. The fraction of sp³-hybridized carbons (Fsp3) is 0.304. The minimum absolute atomic E-state index is 0.112. The zero-order valence-corrected chi connectivity index (χ0v) is 16.8. The number of anilines is 1. The second-order valence-corrected chi connectivity index (χ2v) is 7.16. The predicted molar refractivity (Wildman–Crippen MR) is 114 cm³/mol. The zero-order chi connectivity index (χ0) is 20.2. The quantitative estimate of drug-likeness (QED) is 0.734. The average Bonchev–Trinajstić information content (AvgIpc) is 3.04. The lowest BCUT2D eigenvalue weighted by Gasteiger charge is -2.27. The van der Waals surface area contributed by atoms with Crippen LogP contribution in [0.2, 0.25) is 0 Å². The highest BCUT2D eigenvalue weighted by atomic mass is 16.5. The van der Waals surface area contributed by atoms with Crippen molar-refractivity contribution >= 4 is 23.4 Å². The number of nitrogens with zero attached hydrogens (tertiary/aromatic N) is 3.